The third kappa shape index (κ3) is 6.47. The first-order valence-electron chi connectivity index (χ1n) is 9.95. The van der Waals surface area contributed by atoms with Gasteiger partial charge in [0, 0.05) is 38.4 Å². The molecule has 0 aromatic rings. The topological polar surface area (TPSA) is 75.3 Å². The fourth-order valence-electron chi connectivity index (χ4n) is 4.15. The zero-order valence-electron chi connectivity index (χ0n) is 16.0. The molecule has 0 atom stereocenters. The SMILES string of the molecule is I.NC(=NCC1(N2CCCC2)CCOCC1)NCCCN1CCOCC1. The normalized spacial score (nSPS) is 25.0. The molecule has 0 aromatic heterocycles. The molecule has 152 valence electrons. The Kier molecular flexibility index (Phi) is 9.90. The highest BCUT2D eigenvalue weighted by atomic mass is 127. The molecule has 3 heterocycles. The second kappa shape index (κ2) is 11.6. The number of hydrogen-bond acceptors (Lipinski definition) is 5. The van der Waals surface area contributed by atoms with Crippen molar-refractivity contribution in [3.63, 3.8) is 0 Å². The van der Waals surface area contributed by atoms with E-state index in [-0.39, 0.29) is 29.5 Å². The Morgan fingerprint density at radius 2 is 1.65 bits per heavy atom. The van der Waals surface area contributed by atoms with Gasteiger partial charge in [-0.3, -0.25) is 14.8 Å². The highest BCUT2D eigenvalue weighted by Gasteiger charge is 2.39. The number of rotatable bonds is 7. The Morgan fingerprint density at radius 1 is 1.00 bits per heavy atom. The molecule has 8 heteroatoms. The number of nitrogens with zero attached hydrogens (tertiary/aromatic N) is 3. The zero-order chi connectivity index (χ0) is 17.4. The van der Waals surface area contributed by atoms with E-state index in [0.717, 1.165) is 78.4 Å². The monoisotopic (exact) mass is 481 g/mol. The van der Waals surface area contributed by atoms with E-state index >= 15 is 0 Å². The van der Waals surface area contributed by atoms with Gasteiger partial charge in [-0.05, 0) is 51.7 Å². The van der Waals surface area contributed by atoms with Crippen LogP contribution >= 0.6 is 24.0 Å². The van der Waals surface area contributed by atoms with Crippen LogP contribution in [0.1, 0.15) is 32.1 Å². The summed E-state index contributed by atoms with van der Waals surface area (Å²) in [5, 5.41) is 3.29. The van der Waals surface area contributed by atoms with Gasteiger partial charge >= 0.3 is 0 Å². The van der Waals surface area contributed by atoms with E-state index in [9.17, 15) is 0 Å². The van der Waals surface area contributed by atoms with E-state index in [0.29, 0.717) is 5.96 Å². The number of likely N-dealkylation sites (tertiary alicyclic amines) is 1. The van der Waals surface area contributed by atoms with Crippen LogP contribution in [0.5, 0.6) is 0 Å². The lowest BCUT2D eigenvalue weighted by Crippen LogP contribution is -2.53. The lowest BCUT2D eigenvalue weighted by molar-refractivity contribution is -0.0138. The first kappa shape index (κ1) is 22.1. The molecule has 0 amide bonds. The highest BCUT2D eigenvalue weighted by Crippen LogP contribution is 2.31. The quantitative estimate of drug-likeness (QED) is 0.244. The molecule has 3 aliphatic heterocycles. The molecule has 0 aliphatic carbocycles. The summed E-state index contributed by atoms with van der Waals surface area (Å²) < 4.78 is 11.0. The lowest BCUT2D eigenvalue weighted by Gasteiger charge is -2.43. The minimum atomic E-state index is 0. The van der Waals surface area contributed by atoms with Crippen LogP contribution in [-0.2, 0) is 9.47 Å². The van der Waals surface area contributed by atoms with E-state index < -0.39 is 0 Å². The predicted octanol–water partition coefficient (Wildman–Crippen LogP) is 0.876. The minimum Gasteiger partial charge on any atom is -0.381 e. The van der Waals surface area contributed by atoms with Crippen molar-refractivity contribution in [2.24, 2.45) is 10.7 Å². The van der Waals surface area contributed by atoms with Crippen molar-refractivity contribution in [3.05, 3.63) is 0 Å². The van der Waals surface area contributed by atoms with E-state index in [1.165, 1.54) is 25.9 Å². The first-order chi connectivity index (χ1) is 12.3. The molecule has 3 aliphatic rings. The molecule has 7 nitrogen and oxygen atoms in total. The fraction of sp³-hybridized carbons (Fsp3) is 0.944. The standard InChI is InChI=1S/C18H35N5O2.HI/c19-17(20-6-3-7-22-10-14-25-15-11-22)21-16-18(4-12-24-13-5-18)23-8-1-2-9-23;/h1-16H2,(H3,19,20,21);1H. The van der Waals surface area contributed by atoms with Crippen molar-refractivity contribution in [2.45, 2.75) is 37.6 Å². The van der Waals surface area contributed by atoms with Crippen molar-refractivity contribution in [1.82, 2.24) is 15.1 Å². The molecule has 0 radical (unpaired) electrons. The van der Waals surface area contributed by atoms with Gasteiger partial charge in [-0.2, -0.15) is 0 Å². The van der Waals surface area contributed by atoms with E-state index in [2.05, 4.69) is 15.1 Å². The van der Waals surface area contributed by atoms with Gasteiger partial charge in [-0.25, -0.2) is 0 Å². The smallest absolute Gasteiger partial charge is 0.188 e. The molecule has 0 aromatic carbocycles. The Bertz CT molecular complexity index is 420. The number of ether oxygens (including phenoxy) is 2. The number of aliphatic imine (C=N–C) groups is 1. The van der Waals surface area contributed by atoms with E-state index in [1.54, 1.807) is 0 Å². The fourth-order valence-corrected chi connectivity index (χ4v) is 4.15. The van der Waals surface area contributed by atoms with Crippen LogP contribution in [0, 0.1) is 0 Å². The number of nitrogens with two attached hydrogens (primary N) is 1. The molecule has 26 heavy (non-hydrogen) atoms. The summed E-state index contributed by atoms with van der Waals surface area (Å²) in [6, 6.07) is 0. The summed E-state index contributed by atoms with van der Waals surface area (Å²) in [4.78, 5) is 9.78. The van der Waals surface area contributed by atoms with Gasteiger partial charge in [0.2, 0.25) is 0 Å². The molecular weight excluding hydrogens is 445 g/mol. The van der Waals surface area contributed by atoms with Crippen molar-refractivity contribution in [1.29, 1.82) is 0 Å². The number of nitrogens with one attached hydrogen (secondary N) is 1. The average Bonchev–Trinajstić information content (AvgIpc) is 3.21. The number of halogens is 1. The van der Waals surface area contributed by atoms with E-state index in [4.69, 9.17) is 20.2 Å². The Hall–Kier alpha value is -0.160. The number of morpholine rings is 1. The molecule has 0 unspecified atom stereocenters. The summed E-state index contributed by atoms with van der Waals surface area (Å²) in [6.07, 6.45) is 5.84. The Morgan fingerprint density at radius 3 is 2.35 bits per heavy atom. The van der Waals surface area contributed by atoms with Crippen molar-refractivity contribution >= 4 is 29.9 Å². The highest BCUT2D eigenvalue weighted by molar-refractivity contribution is 14.0. The lowest BCUT2D eigenvalue weighted by atomic mass is 9.88. The van der Waals surface area contributed by atoms with Gasteiger partial charge in [0.25, 0.3) is 0 Å². The minimum absolute atomic E-state index is 0. The summed E-state index contributed by atoms with van der Waals surface area (Å²) >= 11 is 0. The van der Waals surface area contributed by atoms with Crippen LogP contribution in [-0.4, -0.2) is 93.5 Å². The van der Waals surface area contributed by atoms with Gasteiger partial charge in [-0.1, -0.05) is 0 Å². The molecule has 0 spiro atoms. The maximum absolute atomic E-state index is 6.12. The van der Waals surface area contributed by atoms with Crippen molar-refractivity contribution in [2.75, 3.05) is 72.2 Å². The first-order valence-corrected chi connectivity index (χ1v) is 9.95. The third-order valence-electron chi connectivity index (χ3n) is 5.81. The van der Waals surface area contributed by atoms with Gasteiger partial charge in [0.15, 0.2) is 5.96 Å². The molecule has 3 saturated heterocycles. The van der Waals surface area contributed by atoms with E-state index in [1.807, 2.05) is 0 Å². The van der Waals surface area contributed by atoms with Gasteiger partial charge in [-0.15, -0.1) is 24.0 Å². The summed E-state index contributed by atoms with van der Waals surface area (Å²) in [6.45, 7) is 10.7. The van der Waals surface area contributed by atoms with Crippen LogP contribution in [0.3, 0.4) is 0 Å². The van der Waals surface area contributed by atoms with Gasteiger partial charge in [0.05, 0.1) is 19.8 Å². The summed E-state index contributed by atoms with van der Waals surface area (Å²) in [7, 11) is 0. The maximum atomic E-state index is 6.12. The van der Waals surface area contributed by atoms with Crippen LogP contribution in [0.15, 0.2) is 4.99 Å². The largest absolute Gasteiger partial charge is 0.381 e. The summed E-state index contributed by atoms with van der Waals surface area (Å²) in [5.41, 5.74) is 6.28. The third-order valence-corrected chi connectivity index (χ3v) is 5.81. The van der Waals surface area contributed by atoms with Crippen molar-refractivity contribution < 1.29 is 9.47 Å². The zero-order valence-corrected chi connectivity index (χ0v) is 18.3. The molecule has 0 saturated carbocycles. The predicted molar refractivity (Wildman–Crippen MR) is 115 cm³/mol. The molecule has 3 fully saturated rings. The molecular formula is C18H36IN5O2. The second-order valence-corrected chi connectivity index (χ2v) is 7.47. The summed E-state index contributed by atoms with van der Waals surface area (Å²) in [5.74, 6) is 0.590. The second-order valence-electron chi connectivity index (χ2n) is 7.47. The molecule has 3 N–H and O–H groups in total. The van der Waals surface area contributed by atoms with Crippen LogP contribution in [0.25, 0.3) is 0 Å². The van der Waals surface area contributed by atoms with Crippen LogP contribution < -0.4 is 11.1 Å². The molecule has 0 bridgehead atoms. The van der Waals surface area contributed by atoms with Gasteiger partial charge in [0.1, 0.15) is 0 Å². The molecule has 3 rings (SSSR count). The average molecular weight is 481 g/mol. The number of guanidine groups is 1. The van der Waals surface area contributed by atoms with Gasteiger partial charge < -0.3 is 20.5 Å². The Balaban J connectivity index is 0.00000243. The number of hydrogen-bond donors (Lipinski definition) is 2. The van der Waals surface area contributed by atoms with Crippen molar-refractivity contribution in [3.8, 4) is 0 Å². The van der Waals surface area contributed by atoms with Crippen LogP contribution in [0.2, 0.25) is 0 Å². The maximum Gasteiger partial charge on any atom is 0.188 e. The Labute approximate surface area is 175 Å². The van der Waals surface area contributed by atoms with Crippen LogP contribution in [0.4, 0.5) is 0 Å².